The predicted octanol–water partition coefficient (Wildman–Crippen LogP) is 3.33. The maximum absolute atomic E-state index is 13.2. The van der Waals surface area contributed by atoms with Gasteiger partial charge in [0.25, 0.3) is 5.91 Å². The van der Waals surface area contributed by atoms with Crippen molar-refractivity contribution in [2.24, 2.45) is 7.05 Å². The molecule has 1 amide bonds. The minimum Gasteiger partial charge on any atom is -0.383 e. The summed E-state index contributed by atoms with van der Waals surface area (Å²) in [5.74, 6) is -0.0748. The lowest BCUT2D eigenvalue weighted by atomic mass is 9.99. The van der Waals surface area contributed by atoms with Crippen molar-refractivity contribution >= 4 is 11.7 Å². The summed E-state index contributed by atoms with van der Waals surface area (Å²) >= 11 is 0. The molecule has 44 heavy (non-hydrogen) atoms. The van der Waals surface area contributed by atoms with E-state index in [0.29, 0.717) is 31.3 Å². The van der Waals surface area contributed by atoms with E-state index in [4.69, 9.17) is 10.5 Å². The molecule has 0 bridgehead atoms. The van der Waals surface area contributed by atoms with Crippen LogP contribution >= 0.6 is 0 Å². The number of aromatic nitrogens is 3. The fourth-order valence-corrected chi connectivity index (χ4v) is 5.98. The van der Waals surface area contributed by atoms with E-state index in [1.807, 2.05) is 13.2 Å². The van der Waals surface area contributed by atoms with Gasteiger partial charge in [0, 0.05) is 75.9 Å². The highest BCUT2D eigenvalue weighted by Gasteiger charge is 2.30. The molecule has 0 spiro atoms. The Morgan fingerprint density at radius 3 is 2.36 bits per heavy atom. The number of carbonyl (C=O) groups is 1. The highest BCUT2D eigenvalue weighted by molar-refractivity contribution is 5.99. The summed E-state index contributed by atoms with van der Waals surface area (Å²) in [7, 11) is 4.04. The molecule has 2 fully saturated rings. The zero-order valence-corrected chi connectivity index (χ0v) is 25.7. The van der Waals surface area contributed by atoms with Gasteiger partial charge in [-0.15, -0.1) is 0 Å². The molecule has 230 valence electrons. The van der Waals surface area contributed by atoms with Crippen LogP contribution in [0, 0.1) is 0 Å². The number of likely N-dealkylation sites (N-methyl/N-ethyl adjacent to an activating group) is 1. The summed E-state index contributed by atoms with van der Waals surface area (Å²) in [6, 6.07) is 19.5. The standard InChI is InChI=1S/C34H42N8O2/c1-23(42-14-12-40(2)13-15-42)25-8-10-27(11-9-25)26-6-4-24(5-7-26)22-44-32-20-36-19-31(32)39-34(43)30-16-28(17-37-33(30)35)29-18-38-41(3)21-29/h4-11,16-18,21,23,31-32,36H,12-15,19-20,22H2,1-3H3,(H2,35,37)(H,39,43)/t23?,31-,32-/m0/s1. The molecule has 0 saturated carbocycles. The number of amides is 1. The first-order chi connectivity index (χ1) is 21.3. The molecule has 6 rings (SSSR count). The van der Waals surface area contributed by atoms with E-state index in [0.717, 1.165) is 42.9 Å². The van der Waals surface area contributed by atoms with Gasteiger partial charge in [-0.3, -0.25) is 14.4 Å². The zero-order chi connectivity index (χ0) is 30.6. The largest absolute Gasteiger partial charge is 0.383 e. The second-order valence-electron chi connectivity index (χ2n) is 12.0. The Balaban J connectivity index is 1.03. The molecule has 1 unspecified atom stereocenters. The van der Waals surface area contributed by atoms with E-state index in [9.17, 15) is 4.79 Å². The van der Waals surface area contributed by atoms with Crippen LogP contribution in [0.5, 0.6) is 0 Å². The average molecular weight is 595 g/mol. The van der Waals surface area contributed by atoms with Crippen molar-refractivity contribution in [2.45, 2.75) is 31.7 Å². The molecule has 2 saturated heterocycles. The number of hydrogen-bond donors (Lipinski definition) is 3. The van der Waals surface area contributed by atoms with Crippen LogP contribution in [0.15, 0.2) is 73.2 Å². The fraction of sp³-hybridized carbons (Fsp3) is 0.382. The van der Waals surface area contributed by atoms with Gasteiger partial charge in [-0.25, -0.2) is 4.98 Å². The lowest BCUT2D eigenvalue weighted by molar-refractivity contribution is 0.0358. The quantitative estimate of drug-likeness (QED) is 0.271. The van der Waals surface area contributed by atoms with Crippen molar-refractivity contribution in [3.63, 3.8) is 0 Å². The first-order valence-electron chi connectivity index (χ1n) is 15.3. The van der Waals surface area contributed by atoms with E-state index < -0.39 is 0 Å². The molecular weight excluding hydrogens is 552 g/mol. The first kappa shape index (κ1) is 30.0. The minimum atomic E-state index is -0.267. The number of nitrogens with one attached hydrogen (secondary N) is 2. The van der Waals surface area contributed by atoms with Crippen LogP contribution in [0.2, 0.25) is 0 Å². The average Bonchev–Trinajstić information content (AvgIpc) is 3.69. The molecule has 10 nitrogen and oxygen atoms in total. The fourth-order valence-electron chi connectivity index (χ4n) is 5.98. The van der Waals surface area contributed by atoms with E-state index >= 15 is 0 Å². The van der Waals surface area contributed by atoms with Gasteiger partial charge in [-0.2, -0.15) is 5.10 Å². The van der Waals surface area contributed by atoms with Gasteiger partial charge < -0.3 is 26.0 Å². The lowest BCUT2D eigenvalue weighted by Gasteiger charge is -2.36. The van der Waals surface area contributed by atoms with Crippen LogP contribution in [0.25, 0.3) is 22.3 Å². The number of benzene rings is 2. The Morgan fingerprint density at radius 2 is 1.68 bits per heavy atom. The summed E-state index contributed by atoms with van der Waals surface area (Å²) < 4.78 is 7.98. The van der Waals surface area contributed by atoms with Gasteiger partial charge in [0.2, 0.25) is 0 Å². The monoisotopic (exact) mass is 594 g/mol. The van der Waals surface area contributed by atoms with Gasteiger partial charge in [0.05, 0.1) is 30.5 Å². The summed E-state index contributed by atoms with van der Waals surface area (Å²) in [6.45, 7) is 8.51. The number of nitrogens with two attached hydrogens (primary N) is 1. The Morgan fingerprint density at radius 1 is 0.977 bits per heavy atom. The third kappa shape index (κ3) is 6.84. The van der Waals surface area contributed by atoms with Gasteiger partial charge in [-0.05, 0) is 42.3 Å². The molecule has 4 heterocycles. The Hall–Kier alpha value is -4.09. The number of nitrogen functional groups attached to an aromatic ring is 1. The molecule has 2 aromatic carbocycles. The SMILES string of the molecule is CC(c1ccc(-c2ccc(CO[C@H]3CNC[C@@H]3NC(=O)c3cc(-c4cnn(C)c4)cnc3N)cc2)cc1)N1CCN(C)CC1. The van der Waals surface area contributed by atoms with Crippen LogP contribution in [-0.4, -0.2) is 88.9 Å². The van der Waals surface area contributed by atoms with Gasteiger partial charge >= 0.3 is 0 Å². The van der Waals surface area contributed by atoms with E-state index in [-0.39, 0.29) is 23.9 Å². The van der Waals surface area contributed by atoms with Gasteiger partial charge in [-0.1, -0.05) is 48.5 Å². The molecule has 2 aromatic heterocycles. The number of anilines is 1. The summed E-state index contributed by atoms with van der Waals surface area (Å²) in [5.41, 5.74) is 12.9. The second kappa shape index (κ2) is 13.3. The Bertz CT molecular complexity index is 1560. The molecular formula is C34H42N8O2. The number of aryl methyl sites for hydroxylation is 1. The second-order valence-corrected chi connectivity index (χ2v) is 12.0. The van der Waals surface area contributed by atoms with Gasteiger partial charge in [0.1, 0.15) is 5.82 Å². The van der Waals surface area contributed by atoms with Crippen molar-refractivity contribution < 1.29 is 9.53 Å². The number of nitrogens with zero attached hydrogens (tertiary/aromatic N) is 5. The van der Waals surface area contributed by atoms with E-state index in [1.54, 1.807) is 23.1 Å². The lowest BCUT2D eigenvalue weighted by Crippen LogP contribution is -2.45. The normalized spacial score (nSPS) is 20.1. The van der Waals surface area contributed by atoms with Crippen molar-refractivity contribution in [3.8, 4) is 22.3 Å². The number of piperazine rings is 1. The van der Waals surface area contributed by atoms with Crippen molar-refractivity contribution in [1.29, 1.82) is 0 Å². The highest BCUT2D eigenvalue weighted by atomic mass is 16.5. The van der Waals surface area contributed by atoms with Crippen LogP contribution in [0.3, 0.4) is 0 Å². The molecule has 4 aromatic rings. The van der Waals surface area contributed by atoms with Crippen molar-refractivity contribution in [1.82, 2.24) is 35.2 Å². The molecule has 0 aliphatic carbocycles. The first-order valence-corrected chi connectivity index (χ1v) is 15.3. The number of rotatable bonds is 9. The summed E-state index contributed by atoms with van der Waals surface area (Å²) in [4.78, 5) is 22.4. The summed E-state index contributed by atoms with van der Waals surface area (Å²) in [5, 5.41) is 10.6. The zero-order valence-electron chi connectivity index (χ0n) is 25.7. The maximum Gasteiger partial charge on any atom is 0.255 e. The maximum atomic E-state index is 13.2. The van der Waals surface area contributed by atoms with Crippen LogP contribution in [0.1, 0.15) is 34.5 Å². The highest BCUT2D eigenvalue weighted by Crippen LogP contribution is 2.26. The third-order valence-electron chi connectivity index (χ3n) is 8.91. The van der Waals surface area contributed by atoms with Crippen LogP contribution in [0.4, 0.5) is 5.82 Å². The van der Waals surface area contributed by atoms with Gasteiger partial charge in [0.15, 0.2) is 0 Å². The number of hydrogen-bond acceptors (Lipinski definition) is 8. The topological polar surface area (TPSA) is 114 Å². The predicted molar refractivity (Wildman–Crippen MR) is 173 cm³/mol. The number of ether oxygens (including phenoxy) is 1. The Labute approximate surface area is 259 Å². The van der Waals surface area contributed by atoms with Crippen LogP contribution < -0.4 is 16.4 Å². The van der Waals surface area contributed by atoms with Crippen molar-refractivity contribution in [3.05, 3.63) is 89.9 Å². The van der Waals surface area contributed by atoms with E-state index in [1.165, 1.54) is 16.7 Å². The summed E-state index contributed by atoms with van der Waals surface area (Å²) in [6.07, 6.45) is 5.10. The molecule has 0 radical (unpaired) electrons. The molecule has 2 aliphatic rings. The molecule has 3 atom stereocenters. The number of carbonyl (C=O) groups excluding carboxylic acids is 1. The number of pyridine rings is 1. The smallest absolute Gasteiger partial charge is 0.255 e. The van der Waals surface area contributed by atoms with E-state index in [2.05, 4.69) is 93.0 Å². The molecule has 10 heteroatoms. The molecule has 4 N–H and O–H groups in total. The minimum absolute atomic E-state index is 0.163. The molecule has 2 aliphatic heterocycles. The van der Waals surface area contributed by atoms with Crippen LogP contribution in [-0.2, 0) is 18.4 Å². The van der Waals surface area contributed by atoms with Crippen molar-refractivity contribution in [2.75, 3.05) is 52.0 Å². The third-order valence-corrected chi connectivity index (χ3v) is 8.91. The Kier molecular flexibility index (Phi) is 9.04.